The first kappa shape index (κ1) is 16.2. The van der Waals surface area contributed by atoms with Gasteiger partial charge in [-0.1, -0.05) is 17.7 Å². The van der Waals surface area contributed by atoms with E-state index >= 15 is 0 Å². The van der Waals surface area contributed by atoms with Crippen molar-refractivity contribution in [2.45, 2.75) is 13.0 Å². The van der Waals surface area contributed by atoms with Crippen molar-refractivity contribution in [2.24, 2.45) is 0 Å². The van der Waals surface area contributed by atoms with Crippen molar-refractivity contribution in [3.8, 4) is 5.75 Å². The van der Waals surface area contributed by atoms with Crippen molar-refractivity contribution in [1.29, 1.82) is 0 Å². The summed E-state index contributed by atoms with van der Waals surface area (Å²) in [6.07, 6.45) is 0. The smallest absolute Gasteiger partial charge is 0.326 e. The second-order valence-corrected chi connectivity index (χ2v) is 4.16. The molecule has 0 aliphatic rings. The van der Waals surface area contributed by atoms with E-state index in [-0.39, 0.29) is 29.7 Å². The highest BCUT2D eigenvalue weighted by molar-refractivity contribution is 6.32. The molecule has 0 radical (unpaired) electrons. The highest BCUT2D eigenvalue weighted by Gasteiger charge is 2.23. The van der Waals surface area contributed by atoms with Crippen molar-refractivity contribution >= 4 is 23.3 Å². The van der Waals surface area contributed by atoms with Gasteiger partial charge in [0.05, 0.1) is 16.6 Å². The van der Waals surface area contributed by atoms with Crippen LogP contribution in [0.5, 0.6) is 5.75 Å². The van der Waals surface area contributed by atoms with Gasteiger partial charge in [0.1, 0.15) is 12.6 Å². The zero-order valence-electron chi connectivity index (χ0n) is 11.1. The third-order valence-corrected chi connectivity index (χ3v) is 2.75. The van der Waals surface area contributed by atoms with E-state index in [4.69, 9.17) is 21.1 Å². The molecule has 0 bridgehead atoms. The molecule has 8 heteroatoms. The summed E-state index contributed by atoms with van der Waals surface area (Å²) in [5, 5.41) is 13.7. The molecule has 0 amide bonds. The molecule has 110 valence electrons. The predicted octanol–water partition coefficient (Wildman–Crippen LogP) is 1.78. The van der Waals surface area contributed by atoms with Crippen LogP contribution in [0.1, 0.15) is 6.92 Å². The summed E-state index contributed by atoms with van der Waals surface area (Å²) in [7, 11) is 1.56. The fourth-order valence-corrected chi connectivity index (χ4v) is 1.69. The highest BCUT2D eigenvalue weighted by atomic mass is 35.5. The number of likely N-dealkylation sites (N-methyl/N-ethyl adjacent to an activating group) is 1. The number of nitro benzene ring substituents is 1. The van der Waals surface area contributed by atoms with E-state index in [0.717, 1.165) is 0 Å². The van der Waals surface area contributed by atoms with Gasteiger partial charge in [0.2, 0.25) is 5.75 Å². The first-order valence-corrected chi connectivity index (χ1v) is 6.28. The molecule has 0 saturated heterocycles. The van der Waals surface area contributed by atoms with Crippen LogP contribution in [0.3, 0.4) is 0 Å². The Balaban J connectivity index is 2.83. The minimum absolute atomic E-state index is 0.0660. The van der Waals surface area contributed by atoms with E-state index in [2.05, 4.69) is 5.32 Å². The van der Waals surface area contributed by atoms with Gasteiger partial charge >= 0.3 is 11.7 Å². The summed E-state index contributed by atoms with van der Waals surface area (Å²) in [5.74, 6) is -0.562. The van der Waals surface area contributed by atoms with Crippen LogP contribution in [-0.2, 0) is 9.53 Å². The van der Waals surface area contributed by atoms with E-state index < -0.39 is 16.9 Å². The quantitative estimate of drug-likeness (QED) is 0.469. The highest BCUT2D eigenvalue weighted by Crippen LogP contribution is 2.34. The lowest BCUT2D eigenvalue weighted by Crippen LogP contribution is -2.40. The lowest BCUT2D eigenvalue weighted by Gasteiger charge is -2.16. The van der Waals surface area contributed by atoms with Gasteiger partial charge in [-0.25, -0.2) is 0 Å². The average Bonchev–Trinajstić information content (AvgIpc) is 2.40. The molecule has 0 saturated carbocycles. The van der Waals surface area contributed by atoms with Crippen LogP contribution in [0.4, 0.5) is 5.69 Å². The van der Waals surface area contributed by atoms with E-state index in [1.54, 1.807) is 14.0 Å². The van der Waals surface area contributed by atoms with Crippen LogP contribution in [0, 0.1) is 10.1 Å². The number of esters is 1. The number of hydrogen-bond acceptors (Lipinski definition) is 6. The van der Waals surface area contributed by atoms with Crippen LogP contribution in [0.15, 0.2) is 18.2 Å². The summed E-state index contributed by atoms with van der Waals surface area (Å²) in [6.45, 7) is 1.80. The normalized spacial score (nSPS) is 11.8. The minimum atomic E-state index is -0.731. The number of benzene rings is 1. The molecule has 1 rings (SSSR count). The van der Waals surface area contributed by atoms with Gasteiger partial charge in [0.25, 0.3) is 0 Å². The van der Waals surface area contributed by atoms with Crippen molar-refractivity contribution in [1.82, 2.24) is 5.32 Å². The summed E-state index contributed by atoms with van der Waals surface area (Å²) in [5.41, 5.74) is -0.254. The van der Waals surface area contributed by atoms with Gasteiger partial charge < -0.3 is 14.8 Å². The maximum absolute atomic E-state index is 11.6. The Bertz CT molecular complexity index is 495. The fourth-order valence-electron chi connectivity index (χ4n) is 1.46. The molecule has 1 N–H and O–H groups in total. The number of ether oxygens (including phenoxy) is 2. The average molecular weight is 303 g/mol. The number of nitro groups is 1. The molecular weight excluding hydrogens is 288 g/mol. The molecule has 0 spiro atoms. The largest absolute Gasteiger partial charge is 0.483 e. The zero-order valence-corrected chi connectivity index (χ0v) is 11.8. The van der Waals surface area contributed by atoms with E-state index in [1.165, 1.54) is 18.2 Å². The molecule has 0 aliphatic heterocycles. The topological polar surface area (TPSA) is 90.7 Å². The Morgan fingerprint density at radius 2 is 2.25 bits per heavy atom. The van der Waals surface area contributed by atoms with Crippen molar-refractivity contribution < 1.29 is 19.2 Å². The third-order valence-electron chi connectivity index (χ3n) is 2.46. The molecule has 1 aromatic rings. The van der Waals surface area contributed by atoms with E-state index in [9.17, 15) is 14.9 Å². The van der Waals surface area contributed by atoms with Crippen molar-refractivity contribution in [3.05, 3.63) is 33.3 Å². The predicted molar refractivity (Wildman–Crippen MR) is 73.1 cm³/mol. The molecule has 1 aromatic carbocycles. The molecule has 0 fully saturated rings. The number of carbonyl (C=O) groups is 1. The summed E-state index contributed by atoms with van der Waals surface area (Å²) in [6, 6.07) is 3.47. The Labute approximate surface area is 121 Å². The lowest BCUT2D eigenvalue weighted by atomic mass is 10.3. The van der Waals surface area contributed by atoms with Crippen molar-refractivity contribution in [3.63, 3.8) is 0 Å². The van der Waals surface area contributed by atoms with Crippen LogP contribution in [0.2, 0.25) is 5.02 Å². The van der Waals surface area contributed by atoms with Gasteiger partial charge in [-0.3, -0.25) is 14.9 Å². The second-order valence-electron chi connectivity index (χ2n) is 3.75. The Kier molecular flexibility index (Phi) is 6.20. The number of nitrogens with zero attached hydrogens (tertiary/aromatic N) is 1. The SMILES string of the molecule is CCOC(=O)C(COc1c(Cl)cccc1[N+](=O)[O-])NC. The lowest BCUT2D eigenvalue weighted by molar-refractivity contribution is -0.385. The molecular formula is C12H15ClN2O5. The van der Waals surface area contributed by atoms with Gasteiger partial charge in [-0.05, 0) is 20.0 Å². The summed E-state index contributed by atoms with van der Waals surface area (Å²) < 4.78 is 10.2. The summed E-state index contributed by atoms with van der Waals surface area (Å²) >= 11 is 5.87. The number of rotatable bonds is 7. The van der Waals surface area contributed by atoms with Crippen LogP contribution < -0.4 is 10.1 Å². The zero-order chi connectivity index (χ0) is 15.1. The van der Waals surface area contributed by atoms with Crippen LogP contribution >= 0.6 is 11.6 Å². The monoisotopic (exact) mass is 302 g/mol. The fraction of sp³-hybridized carbons (Fsp3) is 0.417. The van der Waals surface area contributed by atoms with Crippen LogP contribution in [0.25, 0.3) is 0 Å². The molecule has 1 unspecified atom stereocenters. The Hall–Kier alpha value is -1.86. The number of nitrogens with one attached hydrogen (secondary N) is 1. The number of hydrogen-bond donors (Lipinski definition) is 1. The van der Waals surface area contributed by atoms with Gasteiger partial charge in [0.15, 0.2) is 0 Å². The molecule has 20 heavy (non-hydrogen) atoms. The maximum atomic E-state index is 11.6. The van der Waals surface area contributed by atoms with Gasteiger partial charge in [0, 0.05) is 6.07 Å². The molecule has 7 nitrogen and oxygen atoms in total. The molecule has 1 atom stereocenters. The number of halogens is 1. The molecule has 0 aliphatic carbocycles. The number of para-hydroxylation sites is 1. The first-order chi connectivity index (χ1) is 9.51. The van der Waals surface area contributed by atoms with Gasteiger partial charge in [-0.2, -0.15) is 0 Å². The second kappa shape index (κ2) is 7.66. The standard InChI is InChI=1S/C12H15ClN2O5/c1-3-19-12(16)9(14-2)7-20-11-8(13)5-4-6-10(11)15(17)18/h4-6,9,14H,3,7H2,1-2H3. The molecule has 0 heterocycles. The maximum Gasteiger partial charge on any atom is 0.326 e. The van der Waals surface area contributed by atoms with Gasteiger partial charge in [-0.15, -0.1) is 0 Å². The summed E-state index contributed by atoms with van der Waals surface area (Å²) in [4.78, 5) is 21.9. The number of carbonyl (C=O) groups excluding carboxylic acids is 1. The van der Waals surface area contributed by atoms with Crippen molar-refractivity contribution in [2.75, 3.05) is 20.3 Å². The van der Waals surface area contributed by atoms with Crippen LogP contribution in [-0.4, -0.2) is 37.2 Å². The Morgan fingerprint density at radius 3 is 2.80 bits per heavy atom. The minimum Gasteiger partial charge on any atom is -0.483 e. The van der Waals surface area contributed by atoms with E-state index in [1.807, 2.05) is 0 Å². The van der Waals surface area contributed by atoms with E-state index in [0.29, 0.717) is 0 Å². The Morgan fingerprint density at radius 1 is 1.55 bits per heavy atom. The first-order valence-electron chi connectivity index (χ1n) is 5.90. The third kappa shape index (κ3) is 4.07. The molecule has 0 aromatic heterocycles.